The van der Waals surface area contributed by atoms with Gasteiger partial charge in [0.25, 0.3) is 17.7 Å². The van der Waals surface area contributed by atoms with Gasteiger partial charge in [-0.3, -0.25) is 39.1 Å². The van der Waals surface area contributed by atoms with Crippen molar-refractivity contribution in [3.8, 4) is 6.07 Å². The fraction of sp³-hybridized carbons (Fsp3) is 0.488. The molecule has 59 heavy (non-hydrogen) atoms. The number of halogens is 1. The summed E-state index contributed by atoms with van der Waals surface area (Å²) in [5.74, 6) is -1.40. The number of anilines is 3. The summed E-state index contributed by atoms with van der Waals surface area (Å²) in [6, 6.07) is 12.9. The van der Waals surface area contributed by atoms with Gasteiger partial charge in [0.2, 0.25) is 17.8 Å². The number of benzene rings is 2. The summed E-state index contributed by atoms with van der Waals surface area (Å²) < 4.78 is 0. The van der Waals surface area contributed by atoms with E-state index < -0.39 is 29.7 Å². The molecule has 15 nitrogen and oxygen atoms in total. The average Bonchev–Trinajstić information content (AvgIpc) is 3.71. The molecule has 5 fully saturated rings. The molecule has 1 N–H and O–H groups in total. The van der Waals surface area contributed by atoms with Crippen LogP contribution in [0.4, 0.5) is 17.3 Å². The summed E-state index contributed by atoms with van der Waals surface area (Å²) in [5, 5.41) is 12.0. The lowest BCUT2D eigenvalue weighted by Gasteiger charge is -2.43. The lowest BCUT2D eigenvalue weighted by Crippen LogP contribution is -2.54. The summed E-state index contributed by atoms with van der Waals surface area (Å²) in [6.07, 6.45) is 8.44. The summed E-state index contributed by atoms with van der Waals surface area (Å²) in [7, 11) is 0. The first-order valence-corrected chi connectivity index (χ1v) is 21.1. The SMILES string of the molecule is C[C@H]1CC2(CCN(c3ncc(C(=O)N4CCC(N5CCN(c6ccc7c(c6)C(=O)N(C6CCC(=O)NC6=O)C7=O)CC5)CC4)cn3)CC2)CN1c1ccc(C#N)c(Cl)c1. The smallest absolute Gasteiger partial charge is 0.262 e. The number of piperazine rings is 1. The van der Waals surface area contributed by atoms with Crippen molar-refractivity contribution in [2.75, 3.05) is 73.6 Å². The zero-order valence-electron chi connectivity index (χ0n) is 33.1. The molecule has 0 bridgehead atoms. The van der Waals surface area contributed by atoms with E-state index >= 15 is 0 Å². The fourth-order valence-electron chi connectivity index (χ4n) is 10.2. The highest BCUT2D eigenvalue weighted by molar-refractivity contribution is 6.32. The second kappa shape index (κ2) is 15.5. The minimum atomic E-state index is -0.986. The Hall–Kier alpha value is -5.59. The van der Waals surface area contributed by atoms with Gasteiger partial charge in [-0.05, 0) is 87.3 Å². The van der Waals surface area contributed by atoms with Gasteiger partial charge in [0.15, 0.2) is 0 Å². The van der Waals surface area contributed by atoms with Gasteiger partial charge in [-0.2, -0.15) is 5.26 Å². The van der Waals surface area contributed by atoms with E-state index in [1.54, 1.807) is 30.6 Å². The molecule has 1 aromatic heterocycles. The number of hydrogen-bond donors (Lipinski definition) is 1. The third-order valence-electron chi connectivity index (χ3n) is 13.5. The minimum absolute atomic E-state index is 0.0406. The first-order valence-electron chi connectivity index (χ1n) is 20.7. The standard InChI is InChI=1S/C43H47ClN10O5/c1-27-22-43(26-53(27)32-3-2-28(23-45)35(44)21-32)10-14-52(15-11-43)42-46-24-29(25-47-42)39(57)51-12-8-30(9-13-51)49-16-18-50(19-17-49)31-4-5-33-34(20-31)41(59)54(40(33)58)36-6-7-37(55)48-38(36)56/h2-5,20-21,24-25,27,30,36H,6-19,22,26H2,1H3,(H,48,55,56)/t27-,36?/m0/s1. The van der Waals surface area contributed by atoms with E-state index in [2.05, 4.69) is 47.9 Å². The van der Waals surface area contributed by atoms with Crippen molar-refractivity contribution < 1.29 is 24.0 Å². The van der Waals surface area contributed by atoms with Crippen LogP contribution in [0.5, 0.6) is 0 Å². The second-order valence-corrected chi connectivity index (χ2v) is 17.3. The number of rotatable bonds is 6. The molecule has 7 heterocycles. The maximum atomic E-state index is 13.5. The molecular weight excluding hydrogens is 772 g/mol. The predicted octanol–water partition coefficient (Wildman–Crippen LogP) is 3.72. The highest BCUT2D eigenvalue weighted by atomic mass is 35.5. The van der Waals surface area contributed by atoms with Gasteiger partial charge in [0, 0.05) is 101 Å². The fourth-order valence-corrected chi connectivity index (χ4v) is 10.4. The van der Waals surface area contributed by atoms with Crippen LogP contribution in [0, 0.1) is 16.7 Å². The summed E-state index contributed by atoms with van der Waals surface area (Å²) in [4.78, 5) is 85.7. The van der Waals surface area contributed by atoms with Crippen molar-refractivity contribution in [3.63, 3.8) is 0 Å². The van der Waals surface area contributed by atoms with E-state index in [9.17, 15) is 29.2 Å². The maximum Gasteiger partial charge on any atom is 0.262 e. The summed E-state index contributed by atoms with van der Waals surface area (Å²) in [6.45, 7) is 9.41. The molecule has 6 aliphatic rings. The molecule has 5 saturated heterocycles. The molecule has 16 heteroatoms. The predicted molar refractivity (Wildman–Crippen MR) is 219 cm³/mol. The Morgan fingerprint density at radius 3 is 2.22 bits per heavy atom. The van der Waals surface area contributed by atoms with Crippen molar-refractivity contribution in [2.24, 2.45) is 5.41 Å². The monoisotopic (exact) mass is 818 g/mol. The Balaban J connectivity index is 0.736. The van der Waals surface area contributed by atoms with Crippen LogP contribution in [0.1, 0.15) is 88.5 Å². The van der Waals surface area contributed by atoms with Crippen molar-refractivity contribution in [2.45, 2.75) is 70.0 Å². The van der Waals surface area contributed by atoms with Crippen LogP contribution in [0.15, 0.2) is 48.8 Å². The molecule has 0 radical (unpaired) electrons. The molecule has 2 aromatic carbocycles. The second-order valence-electron chi connectivity index (χ2n) is 16.9. The zero-order chi connectivity index (χ0) is 41.0. The van der Waals surface area contributed by atoms with Crippen molar-refractivity contribution >= 4 is 58.5 Å². The molecule has 0 saturated carbocycles. The number of carbonyl (C=O) groups is 5. The Bertz CT molecular complexity index is 2240. The van der Waals surface area contributed by atoms with Gasteiger partial charge in [-0.15, -0.1) is 0 Å². The first kappa shape index (κ1) is 38.9. The number of likely N-dealkylation sites (tertiary alicyclic amines) is 1. The molecule has 1 spiro atoms. The lowest BCUT2D eigenvalue weighted by atomic mass is 9.77. The number of amides is 5. The number of nitrogens with zero attached hydrogens (tertiary/aromatic N) is 9. The van der Waals surface area contributed by atoms with E-state index in [0.29, 0.717) is 47.3 Å². The van der Waals surface area contributed by atoms with Crippen LogP contribution in [0.2, 0.25) is 5.02 Å². The number of nitrogens with one attached hydrogen (secondary N) is 1. The Kier molecular flexibility index (Phi) is 10.2. The van der Waals surface area contributed by atoms with Crippen LogP contribution in [0.3, 0.4) is 0 Å². The van der Waals surface area contributed by atoms with E-state index in [0.717, 1.165) is 94.2 Å². The van der Waals surface area contributed by atoms with Gasteiger partial charge in [-0.25, -0.2) is 9.97 Å². The minimum Gasteiger partial charge on any atom is -0.369 e. The molecule has 0 aliphatic carbocycles. The van der Waals surface area contributed by atoms with Crippen molar-refractivity contribution in [1.82, 2.24) is 30.0 Å². The number of piperidine rings is 3. The lowest BCUT2D eigenvalue weighted by molar-refractivity contribution is -0.136. The summed E-state index contributed by atoms with van der Waals surface area (Å²) >= 11 is 6.37. The van der Waals surface area contributed by atoms with E-state index in [1.807, 2.05) is 23.1 Å². The largest absolute Gasteiger partial charge is 0.369 e. The van der Waals surface area contributed by atoms with E-state index in [4.69, 9.17) is 11.6 Å². The highest BCUT2D eigenvalue weighted by Gasteiger charge is 2.46. The van der Waals surface area contributed by atoms with Crippen LogP contribution in [-0.2, 0) is 9.59 Å². The Morgan fingerprint density at radius 1 is 0.847 bits per heavy atom. The number of fused-ring (bicyclic) bond motifs is 1. The van der Waals surface area contributed by atoms with E-state index in [1.165, 1.54) is 0 Å². The third kappa shape index (κ3) is 7.26. The van der Waals surface area contributed by atoms with Crippen molar-refractivity contribution in [1.29, 1.82) is 5.26 Å². The quantitative estimate of drug-likeness (QED) is 0.359. The molecule has 5 amide bonds. The molecule has 3 aromatic rings. The molecule has 306 valence electrons. The topological polar surface area (TPSA) is 166 Å². The normalized spacial score (nSPS) is 23.8. The molecular formula is C43H47ClN10O5. The van der Waals surface area contributed by atoms with Gasteiger partial charge in [0.05, 0.1) is 27.3 Å². The number of hydrogen-bond acceptors (Lipinski definition) is 12. The van der Waals surface area contributed by atoms with Gasteiger partial charge in [-0.1, -0.05) is 11.6 Å². The van der Waals surface area contributed by atoms with E-state index in [-0.39, 0.29) is 35.3 Å². The number of nitriles is 1. The van der Waals surface area contributed by atoms with Gasteiger partial charge < -0.3 is 19.6 Å². The first-order chi connectivity index (χ1) is 28.5. The Morgan fingerprint density at radius 2 is 1.54 bits per heavy atom. The number of aromatic nitrogens is 2. The zero-order valence-corrected chi connectivity index (χ0v) is 33.9. The molecule has 2 atom stereocenters. The van der Waals surface area contributed by atoms with Crippen molar-refractivity contribution in [3.05, 3.63) is 76.1 Å². The highest BCUT2D eigenvalue weighted by Crippen LogP contribution is 2.45. The van der Waals surface area contributed by atoms with Crippen LogP contribution >= 0.6 is 11.6 Å². The Labute approximate surface area is 347 Å². The van der Waals surface area contributed by atoms with Crippen LogP contribution < -0.4 is 20.0 Å². The number of imide groups is 2. The van der Waals surface area contributed by atoms with Gasteiger partial charge >= 0.3 is 0 Å². The average molecular weight is 819 g/mol. The molecule has 1 unspecified atom stereocenters. The van der Waals surface area contributed by atoms with Gasteiger partial charge in [0.1, 0.15) is 12.1 Å². The van der Waals surface area contributed by atoms with Crippen LogP contribution in [-0.4, -0.2) is 131 Å². The molecule has 9 rings (SSSR count). The van der Waals surface area contributed by atoms with Crippen LogP contribution in [0.25, 0.3) is 0 Å². The maximum absolute atomic E-state index is 13.5. The third-order valence-corrected chi connectivity index (χ3v) is 13.8. The number of carbonyl (C=O) groups excluding carboxylic acids is 5. The molecule has 6 aliphatic heterocycles. The summed E-state index contributed by atoms with van der Waals surface area (Å²) in [5.41, 5.74) is 3.68.